The summed E-state index contributed by atoms with van der Waals surface area (Å²) in [6.07, 6.45) is 2.76. The van der Waals surface area contributed by atoms with Crippen molar-refractivity contribution >= 4 is 20.2 Å². The lowest BCUT2D eigenvalue weighted by Gasteiger charge is -2.11. The molecule has 16 heavy (non-hydrogen) atoms. The second-order valence-corrected chi connectivity index (χ2v) is 7.07. The molecule has 0 saturated carbocycles. The molecule has 1 N–H and O–H groups in total. The van der Waals surface area contributed by atoms with Crippen molar-refractivity contribution in [2.24, 2.45) is 0 Å². The zero-order chi connectivity index (χ0) is 12.8. The van der Waals surface area contributed by atoms with Crippen LogP contribution in [0, 0.1) is 0 Å². The van der Waals surface area contributed by atoms with Crippen LogP contribution in [0.5, 0.6) is 0 Å². The fourth-order valence-electron chi connectivity index (χ4n) is 1.19. The minimum Gasteiger partial charge on any atom is -0.285 e. The quantitative estimate of drug-likeness (QED) is 0.405. The standard InChI is InChI=1S/C8H18O6S2/c1-3-4-5-6-8(2)14-16(12,13)7-15(9,10)11/h8H,3-7H2,1-2H3,(H,9,10,11). The van der Waals surface area contributed by atoms with Crippen LogP contribution in [0.1, 0.15) is 39.5 Å². The van der Waals surface area contributed by atoms with Gasteiger partial charge in [-0.3, -0.25) is 8.74 Å². The van der Waals surface area contributed by atoms with Crippen molar-refractivity contribution in [3.63, 3.8) is 0 Å². The predicted molar refractivity (Wildman–Crippen MR) is 60.0 cm³/mol. The van der Waals surface area contributed by atoms with E-state index in [9.17, 15) is 16.8 Å². The lowest BCUT2D eigenvalue weighted by Crippen LogP contribution is -2.22. The molecule has 6 nitrogen and oxygen atoms in total. The van der Waals surface area contributed by atoms with Crippen LogP contribution >= 0.6 is 0 Å². The third-order valence-corrected chi connectivity index (χ3v) is 4.79. The van der Waals surface area contributed by atoms with Gasteiger partial charge in [-0.15, -0.1) is 0 Å². The predicted octanol–water partition coefficient (Wildman–Crippen LogP) is 1.15. The Morgan fingerprint density at radius 2 is 1.75 bits per heavy atom. The van der Waals surface area contributed by atoms with Crippen molar-refractivity contribution in [2.45, 2.75) is 45.6 Å². The zero-order valence-corrected chi connectivity index (χ0v) is 11.1. The maximum atomic E-state index is 11.1. The van der Waals surface area contributed by atoms with Crippen LogP contribution in [0.2, 0.25) is 0 Å². The summed E-state index contributed by atoms with van der Waals surface area (Å²) in [6, 6.07) is 0. The van der Waals surface area contributed by atoms with Crippen LogP contribution in [0.25, 0.3) is 0 Å². The summed E-state index contributed by atoms with van der Waals surface area (Å²) in [5, 5.41) is -1.39. The third kappa shape index (κ3) is 9.08. The van der Waals surface area contributed by atoms with Crippen LogP contribution in [0.4, 0.5) is 0 Å². The van der Waals surface area contributed by atoms with Crippen molar-refractivity contribution in [3.8, 4) is 0 Å². The molecule has 0 saturated heterocycles. The highest BCUT2D eigenvalue weighted by atomic mass is 32.3. The second kappa shape index (κ2) is 6.53. The summed E-state index contributed by atoms with van der Waals surface area (Å²) in [5.74, 6) is 0. The van der Waals surface area contributed by atoms with Gasteiger partial charge in [-0.25, -0.2) is 0 Å². The Labute approximate surface area is 96.9 Å². The van der Waals surface area contributed by atoms with Crippen molar-refractivity contribution in [1.29, 1.82) is 0 Å². The van der Waals surface area contributed by atoms with Crippen molar-refractivity contribution in [3.05, 3.63) is 0 Å². The molecule has 0 rings (SSSR count). The SMILES string of the molecule is CCCCCC(C)OS(=O)(=O)CS(=O)(=O)O. The average Bonchev–Trinajstić information content (AvgIpc) is 1.98. The Morgan fingerprint density at radius 3 is 2.19 bits per heavy atom. The maximum absolute atomic E-state index is 11.1. The molecular formula is C8H18O6S2. The van der Waals surface area contributed by atoms with Crippen molar-refractivity contribution in [1.82, 2.24) is 0 Å². The molecule has 98 valence electrons. The summed E-state index contributed by atoms with van der Waals surface area (Å²) < 4.78 is 56.0. The Balaban J connectivity index is 4.16. The van der Waals surface area contributed by atoms with Gasteiger partial charge in [0.25, 0.3) is 20.2 Å². The van der Waals surface area contributed by atoms with Gasteiger partial charge in [0, 0.05) is 0 Å². The van der Waals surface area contributed by atoms with E-state index in [2.05, 4.69) is 4.18 Å². The van der Waals surface area contributed by atoms with E-state index in [0.29, 0.717) is 6.42 Å². The van der Waals surface area contributed by atoms with E-state index in [1.807, 2.05) is 6.92 Å². The van der Waals surface area contributed by atoms with Gasteiger partial charge in [0.1, 0.15) is 0 Å². The maximum Gasteiger partial charge on any atom is 0.284 e. The van der Waals surface area contributed by atoms with Gasteiger partial charge < -0.3 is 0 Å². The van der Waals surface area contributed by atoms with E-state index in [0.717, 1.165) is 19.3 Å². The van der Waals surface area contributed by atoms with Gasteiger partial charge in [0.05, 0.1) is 6.10 Å². The van der Waals surface area contributed by atoms with Gasteiger partial charge in [-0.05, 0) is 13.3 Å². The van der Waals surface area contributed by atoms with Crippen LogP contribution in [0.15, 0.2) is 0 Å². The lowest BCUT2D eigenvalue weighted by molar-refractivity contribution is 0.215. The van der Waals surface area contributed by atoms with Crippen LogP contribution in [0.3, 0.4) is 0 Å². The molecule has 0 heterocycles. The fraction of sp³-hybridized carbons (Fsp3) is 1.00. The summed E-state index contributed by atoms with van der Waals surface area (Å²) in [4.78, 5) is 0. The van der Waals surface area contributed by atoms with Crippen molar-refractivity contribution in [2.75, 3.05) is 5.08 Å². The van der Waals surface area contributed by atoms with E-state index in [4.69, 9.17) is 4.55 Å². The molecule has 0 aliphatic heterocycles. The van der Waals surface area contributed by atoms with E-state index < -0.39 is 31.4 Å². The number of hydrogen-bond acceptors (Lipinski definition) is 5. The largest absolute Gasteiger partial charge is 0.285 e. The zero-order valence-electron chi connectivity index (χ0n) is 9.42. The topological polar surface area (TPSA) is 97.7 Å². The molecule has 0 radical (unpaired) electrons. The minimum atomic E-state index is -4.57. The Hall–Kier alpha value is -0.180. The highest BCUT2D eigenvalue weighted by Gasteiger charge is 2.23. The molecule has 0 bridgehead atoms. The summed E-state index contributed by atoms with van der Waals surface area (Å²) in [5.41, 5.74) is 0. The molecule has 0 spiro atoms. The van der Waals surface area contributed by atoms with E-state index in [1.165, 1.54) is 0 Å². The molecule has 8 heteroatoms. The first-order valence-corrected chi connectivity index (χ1v) is 8.21. The monoisotopic (exact) mass is 274 g/mol. The summed E-state index contributed by atoms with van der Waals surface area (Å²) in [7, 11) is -8.78. The van der Waals surface area contributed by atoms with E-state index in [1.54, 1.807) is 6.92 Å². The second-order valence-electron chi connectivity index (χ2n) is 3.66. The first-order chi connectivity index (χ1) is 7.16. The van der Waals surface area contributed by atoms with Crippen LogP contribution < -0.4 is 0 Å². The summed E-state index contributed by atoms with van der Waals surface area (Å²) >= 11 is 0. The van der Waals surface area contributed by atoms with Crippen LogP contribution in [-0.2, 0) is 24.4 Å². The molecule has 0 aliphatic carbocycles. The lowest BCUT2D eigenvalue weighted by atomic mass is 10.1. The molecule has 0 aromatic rings. The average molecular weight is 274 g/mol. The Bertz CT molecular complexity index is 383. The normalized spacial score (nSPS) is 14.9. The molecule has 1 unspecified atom stereocenters. The molecule has 0 fully saturated rings. The Kier molecular flexibility index (Phi) is 6.46. The van der Waals surface area contributed by atoms with E-state index >= 15 is 0 Å². The van der Waals surface area contributed by atoms with Crippen LogP contribution in [-0.4, -0.2) is 32.6 Å². The number of rotatable bonds is 8. The smallest absolute Gasteiger partial charge is 0.284 e. The van der Waals surface area contributed by atoms with Gasteiger partial charge in [0.2, 0.25) is 5.08 Å². The first-order valence-electron chi connectivity index (χ1n) is 5.02. The molecule has 0 aromatic heterocycles. The van der Waals surface area contributed by atoms with Crippen molar-refractivity contribution < 1.29 is 25.6 Å². The molecule has 0 aromatic carbocycles. The molecule has 0 amide bonds. The molecule has 1 atom stereocenters. The highest BCUT2D eigenvalue weighted by Crippen LogP contribution is 2.10. The molecule has 0 aliphatic rings. The Morgan fingerprint density at radius 1 is 1.19 bits per heavy atom. The highest BCUT2D eigenvalue weighted by molar-refractivity contribution is 8.03. The first kappa shape index (κ1) is 15.8. The minimum absolute atomic E-state index is 0.540. The summed E-state index contributed by atoms with van der Waals surface area (Å²) in [6.45, 7) is 3.57. The molecular weight excluding hydrogens is 256 g/mol. The number of hydrogen-bond donors (Lipinski definition) is 1. The van der Waals surface area contributed by atoms with Gasteiger partial charge in [0.15, 0.2) is 0 Å². The third-order valence-electron chi connectivity index (χ3n) is 1.82. The van der Waals surface area contributed by atoms with Gasteiger partial charge >= 0.3 is 0 Å². The number of unbranched alkanes of at least 4 members (excludes halogenated alkanes) is 2. The van der Waals surface area contributed by atoms with Gasteiger partial charge in [-0.2, -0.15) is 16.8 Å². The van der Waals surface area contributed by atoms with Gasteiger partial charge in [-0.1, -0.05) is 26.2 Å². The fourth-order valence-corrected chi connectivity index (χ4v) is 3.47. The van der Waals surface area contributed by atoms with E-state index in [-0.39, 0.29) is 0 Å².